The first-order valence-electron chi connectivity index (χ1n) is 16.9. The van der Waals surface area contributed by atoms with E-state index in [-0.39, 0.29) is 0 Å². The molecule has 0 saturated carbocycles. The molecule has 3 heteroatoms. The van der Waals surface area contributed by atoms with Crippen LogP contribution >= 0.6 is 15.9 Å². The largest absolute Gasteiger partial charge is 0.355 e. The van der Waals surface area contributed by atoms with Crippen LogP contribution in [0.3, 0.4) is 0 Å². The number of hydrogen-bond donors (Lipinski definition) is 1. The Kier molecular flexibility index (Phi) is 11.9. The first-order valence-corrected chi connectivity index (χ1v) is 17.7. The van der Waals surface area contributed by atoms with E-state index in [1.54, 1.807) is 0 Å². The normalized spacial score (nSPS) is 10.2. The van der Waals surface area contributed by atoms with Crippen molar-refractivity contribution >= 4 is 78.1 Å². The predicted molar refractivity (Wildman–Crippen MR) is 227 cm³/mol. The third-order valence-corrected chi connectivity index (χ3v) is 8.81. The molecule has 0 aliphatic heterocycles. The van der Waals surface area contributed by atoms with Crippen LogP contribution in [0.5, 0.6) is 0 Å². The van der Waals surface area contributed by atoms with E-state index in [2.05, 4.69) is 185 Å². The summed E-state index contributed by atoms with van der Waals surface area (Å²) in [6, 6.07) is 66.9. The molecule has 0 saturated heterocycles. The first kappa shape index (κ1) is 34.7. The fourth-order valence-electron chi connectivity index (χ4n) is 5.84. The molecule has 0 radical (unpaired) electrons. The summed E-state index contributed by atoms with van der Waals surface area (Å²) in [5.41, 5.74) is 7.95. The molecule has 0 aliphatic carbocycles. The van der Waals surface area contributed by atoms with Gasteiger partial charge in [-0.05, 0) is 82.6 Å². The van der Waals surface area contributed by atoms with E-state index in [4.69, 9.17) is 0 Å². The van der Waals surface area contributed by atoms with Gasteiger partial charge in [0.15, 0.2) is 0 Å². The highest BCUT2D eigenvalue weighted by Gasteiger charge is 2.14. The van der Waals surface area contributed by atoms with Crippen LogP contribution in [-0.2, 0) is 0 Å². The summed E-state index contributed by atoms with van der Waals surface area (Å²) >= 11 is 3.36. The first-order chi connectivity index (χ1) is 25.1. The van der Waals surface area contributed by atoms with Crippen LogP contribution in [0.25, 0.3) is 33.7 Å². The molecule has 8 rings (SSSR count). The van der Waals surface area contributed by atoms with Gasteiger partial charge in [-0.2, -0.15) is 0 Å². The molecule has 0 fully saturated rings. The third-order valence-electron chi connectivity index (χ3n) is 8.31. The van der Waals surface area contributed by atoms with Gasteiger partial charge >= 0.3 is 0 Å². The van der Waals surface area contributed by atoms with E-state index in [0.717, 1.165) is 38.3 Å². The monoisotopic (exact) mass is 722 g/mol. The SMILES string of the molecule is C=Cc1cccc(Br)c1.C=Cc1cccc(N(c2ccccc2)c2cccc3ccccc23)c1.c1ccc(Nc2cccc3ccccc23)cc1. The summed E-state index contributed by atoms with van der Waals surface area (Å²) in [4.78, 5) is 2.30. The number of rotatable bonds is 7. The van der Waals surface area contributed by atoms with Crippen LogP contribution in [-0.4, -0.2) is 0 Å². The van der Waals surface area contributed by atoms with Crippen molar-refractivity contribution < 1.29 is 0 Å². The van der Waals surface area contributed by atoms with Gasteiger partial charge in [0.2, 0.25) is 0 Å². The van der Waals surface area contributed by atoms with Gasteiger partial charge in [0.05, 0.1) is 5.69 Å². The Morgan fingerprint density at radius 1 is 0.451 bits per heavy atom. The molecule has 8 aromatic carbocycles. The fourth-order valence-corrected chi connectivity index (χ4v) is 6.26. The van der Waals surface area contributed by atoms with E-state index >= 15 is 0 Å². The molecule has 0 bridgehead atoms. The zero-order chi connectivity index (χ0) is 35.3. The summed E-state index contributed by atoms with van der Waals surface area (Å²) in [7, 11) is 0. The molecule has 51 heavy (non-hydrogen) atoms. The second-order valence-corrected chi connectivity index (χ2v) is 12.7. The van der Waals surface area contributed by atoms with Crippen molar-refractivity contribution in [1.29, 1.82) is 0 Å². The molecule has 0 unspecified atom stereocenters. The summed E-state index contributed by atoms with van der Waals surface area (Å²) in [6.07, 6.45) is 3.71. The van der Waals surface area contributed by atoms with E-state index in [1.807, 2.05) is 60.7 Å². The molecule has 0 amide bonds. The lowest BCUT2D eigenvalue weighted by Crippen LogP contribution is -2.10. The Balaban J connectivity index is 0.000000148. The molecule has 248 valence electrons. The van der Waals surface area contributed by atoms with Crippen molar-refractivity contribution in [3.05, 3.63) is 223 Å². The van der Waals surface area contributed by atoms with E-state index in [0.29, 0.717) is 0 Å². The smallest absolute Gasteiger partial charge is 0.0540 e. The summed E-state index contributed by atoms with van der Waals surface area (Å²) in [5.74, 6) is 0. The van der Waals surface area contributed by atoms with Crippen molar-refractivity contribution in [2.75, 3.05) is 10.2 Å². The van der Waals surface area contributed by atoms with E-state index in [1.165, 1.54) is 27.2 Å². The molecular weight excluding hydrogens is 684 g/mol. The number of anilines is 5. The van der Waals surface area contributed by atoms with Gasteiger partial charge in [-0.3, -0.25) is 0 Å². The average molecular weight is 724 g/mol. The van der Waals surface area contributed by atoms with Crippen molar-refractivity contribution in [1.82, 2.24) is 0 Å². The lowest BCUT2D eigenvalue weighted by atomic mass is 10.1. The van der Waals surface area contributed by atoms with Crippen molar-refractivity contribution in [3.8, 4) is 0 Å². The Bertz CT molecular complexity index is 2340. The Morgan fingerprint density at radius 3 is 1.63 bits per heavy atom. The standard InChI is InChI=1S/C24H19N.C16H13N.C8H7Br/c1-2-19-10-8-15-22(18-19)25(21-13-4-3-5-14-21)24-17-9-12-20-11-6-7-16-23(20)24;1-2-9-14(10-3-1)17-16-12-6-8-13-7-4-5-11-15(13)16;1-2-7-4-3-5-8(9)6-7/h2-18H,1H2;1-12,17H;2-6H,1H2. The van der Waals surface area contributed by atoms with Crippen LogP contribution < -0.4 is 10.2 Å². The molecule has 0 aromatic heterocycles. The van der Waals surface area contributed by atoms with Gasteiger partial charge in [0, 0.05) is 38.0 Å². The quantitative estimate of drug-likeness (QED) is 0.176. The van der Waals surface area contributed by atoms with Gasteiger partial charge in [-0.1, -0.05) is 175 Å². The minimum atomic E-state index is 1.10. The van der Waals surface area contributed by atoms with Crippen molar-refractivity contribution in [3.63, 3.8) is 0 Å². The van der Waals surface area contributed by atoms with E-state index < -0.39 is 0 Å². The topological polar surface area (TPSA) is 15.3 Å². The number of fused-ring (bicyclic) bond motifs is 2. The van der Waals surface area contributed by atoms with Gasteiger partial charge in [0.25, 0.3) is 0 Å². The molecular formula is C48H39BrN2. The number of para-hydroxylation sites is 2. The van der Waals surface area contributed by atoms with Gasteiger partial charge < -0.3 is 10.2 Å². The maximum absolute atomic E-state index is 3.91. The zero-order valence-corrected chi connectivity index (χ0v) is 30.0. The van der Waals surface area contributed by atoms with Gasteiger partial charge in [-0.25, -0.2) is 0 Å². The molecule has 1 N–H and O–H groups in total. The summed E-state index contributed by atoms with van der Waals surface area (Å²) in [6.45, 7) is 7.56. The highest BCUT2D eigenvalue weighted by Crippen LogP contribution is 2.39. The molecule has 0 heterocycles. The van der Waals surface area contributed by atoms with Crippen LogP contribution in [0.4, 0.5) is 28.4 Å². The molecule has 8 aromatic rings. The molecule has 0 aliphatic rings. The zero-order valence-electron chi connectivity index (χ0n) is 28.4. The summed E-state index contributed by atoms with van der Waals surface area (Å²) < 4.78 is 1.10. The Morgan fingerprint density at radius 2 is 0.961 bits per heavy atom. The number of hydrogen-bond acceptors (Lipinski definition) is 2. The van der Waals surface area contributed by atoms with Crippen LogP contribution in [0.15, 0.2) is 212 Å². The van der Waals surface area contributed by atoms with E-state index in [9.17, 15) is 0 Å². The maximum Gasteiger partial charge on any atom is 0.0540 e. The highest BCUT2D eigenvalue weighted by molar-refractivity contribution is 9.10. The molecule has 0 atom stereocenters. The van der Waals surface area contributed by atoms with Crippen molar-refractivity contribution in [2.45, 2.75) is 0 Å². The minimum Gasteiger partial charge on any atom is -0.355 e. The number of nitrogens with one attached hydrogen (secondary N) is 1. The number of benzene rings is 8. The van der Waals surface area contributed by atoms with Gasteiger partial charge in [0.1, 0.15) is 0 Å². The van der Waals surface area contributed by atoms with Crippen LogP contribution in [0.1, 0.15) is 11.1 Å². The number of nitrogens with zero attached hydrogens (tertiary/aromatic N) is 1. The van der Waals surface area contributed by atoms with Crippen LogP contribution in [0.2, 0.25) is 0 Å². The second kappa shape index (κ2) is 17.5. The lowest BCUT2D eigenvalue weighted by molar-refractivity contribution is 1.29. The number of halogens is 1. The Hall–Kier alpha value is -6.16. The molecule has 0 spiro atoms. The fraction of sp³-hybridized carbons (Fsp3) is 0. The van der Waals surface area contributed by atoms with Crippen molar-refractivity contribution in [2.24, 2.45) is 0 Å². The Labute approximate surface area is 309 Å². The maximum atomic E-state index is 3.91. The minimum absolute atomic E-state index is 1.10. The second-order valence-electron chi connectivity index (χ2n) is 11.7. The average Bonchev–Trinajstić information content (AvgIpc) is 3.20. The van der Waals surface area contributed by atoms with Gasteiger partial charge in [-0.15, -0.1) is 0 Å². The highest BCUT2D eigenvalue weighted by atomic mass is 79.9. The summed E-state index contributed by atoms with van der Waals surface area (Å²) in [5, 5.41) is 8.42. The third kappa shape index (κ3) is 9.10. The predicted octanol–water partition coefficient (Wildman–Crippen LogP) is 14.6. The van der Waals surface area contributed by atoms with Crippen LogP contribution in [0, 0.1) is 0 Å². The lowest BCUT2D eigenvalue weighted by Gasteiger charge is -2.27. The molecule has 2 nitrogen and oxygen atoms in total.